The Morgan fingerprint density at radius 3 is 2.60 bits per heavy atom. The highest BCUT2D eigenvalue weighted by Gasteiger charge is 2.45. The molecule has 35 heavy (non-hydrogen) atoms. The van der Waals surface area contributed by atoms with E-state index in [1.165, 1.54) is 4.90 Å². The molecule has 3 heterocycles. The van der Waals surface area contributed by atoms with E-state index in [1.54, 1.807) is 49.8 Å². The van der Waals surface area contributed by atoms with Gasteiger partial charge in [0.15, 0.2) is 16.9 Å². The van der Waals surface area contributed by atoms with Crippen LogP contribution in [0.4, 0.5) is 5.95 Å². The van der Waals surface area contributed by atoms with Crippen molar-refractivity contribution in [3.63, 3.8) is 0 Å². The van der Waals surface area contributed by atoms with Gasteiger partial charge in [0.1, 0.15) is 5.58 Å². The molecule has 2 aromatic carbocycles. The number of anilines is 1. The smallest absolute Gasteiger partial charge is 0.297 e. The first-order valence-corrected chi connectivity index (χ1v) is 11.5. The zero-order valence-corrected chi connectivity index (χ0v) is 19.8. The van der Waals surface area contributed by atoms with E-state index in [2.05, 4.69) is 16.9 Å². The van der Waals surface area contributed by atoms with Gasteiger partial charge in [0, 0.05) is 12.4 Å². The molecule has 1 atom stereocenters. The second kappa shape index (κ2) is 9.21. The standard InChI is InChI=1S/C27H25N3O5/c1-4-5-13-34-20-10-8-17(15-21(20)33-3)23-22-24(31)18-14-16(2)7-9-19(18)35-25(22)26(32)30(23)27-28-11-6-12-29-27/h6-12,14-15,23H,4-5,13H2,1-3H3. The van der Waals surface area contributed by atoms with Crippen molar-refractivity contribution in [1.29, 1.82) is 0 Å². The summed E-state index contributed by atoms with van der Waals surface area (Å²) in [6, 6.07) is 11.6. The van der Waals surface area contributed by atoms with E-state index in [4.69, 9.17) is 13.9 Å². The number of methoxy groups -OCH3 is 1. The van der Waals surface area contributed by atoms with E-state index in [1.807, 2.05) is 19.1 Å². The van der Waals surface area contributed by atoms with Crippen LogP contribution in [0.25, 0.3) is 11.0 Å². The van der Waals surface area contributed by atoms with Crippen LogP contribution in [0, 0.1) is 6.92 Å². The van der Waals surface area contributed by atoms with Crippen LogP contribution < -0.4 is 19.8 Å². The van der Waals surface area contributed by atoms with Crippen LogP contribution in [0.2, 0.25) is 0 Å². The molecular weight excluding hydrogens is 446 g/mol. The van der Waals surface area contributed by atoms with Gasteiger partial charge in [-0.1, -0.05) is 31.0 Å². The summed E-state index contributed by atoms with van der Waals surface area (Å²) < 4.78 is 17.5. The Hall–Kier alpha value is -4.20. The number of carbonyl (C=O) groups is 1. The Kier molecular flexibility index (Phi) is 5.94. The zero-order chi connectivity index (χ0) is 24.5. The molecule has 0 aliphatic carbocycles. The quantitative estimate of drug-likeness (QED) is 0.356. The maximum Gasteiger partial charge on any atom is 0.297 e. The Morgan fingerprint density at radius 2 is 1.86 bits per heavy atom. The molecular formula is C27H25N3O5. The van der Waals surface area contributed by atoms with Gasteiger partial charge in [0.25, 0.3) is 5.91 Å². The lowest BCUT2D eigenvalue weighted by atomic mass is 9.98. The molecule has 0 saturated heterocycles. The van der Waals surface area contributed by atoms with Crippen molar-refractivity contribution in [2.24, 2.45) is 0 Å². The number of aromatic nitrogens is 2. The van der Waals surface area contributed by atoms with E-state index < -0.39 is 11.9 Å². The summed E-state index contributed by atoms with van der Waals surface area (Å²) in [5.41, 5.74) is 1.93. The highest BCUT2D eigenvalue weighted by Crippen LogP contribution is 2.42. The fourth-order valence-electron chi connectivity index (χ4n) is 4.32. The third-order valence-corrected chi connectivity index (χ3v) is 6.05. The predicted octanol–water partition coefficient (Wildman–Crippen LogP) is 4.83. The average Bonchev–Trinajstić information content (AvgIpc) is 3.17. The second-order valence-corrected chi connectivity index (χ2v) is 8.41. The molecule has 178 valence electrons. The number of aryl methyl sites for hydroxylation is 1. The van der Waals surface area contributed by atoms with Crippen molar-refractivity contribution in [3.05, 3.63) is 87.5 Å². The van der Waals surface area contributed by atoms with Crippen molar-refractivity contribution in [2.75, 3.05) is 18.6 Å². The van der Waals surface area contributed by atoms with Gasteiger partial charge in [-0.15, -0.1) is 0 Å². The molecule has 5 rings (SSSR count). The molecule has 8 nitrogen and oxygen atoms in total. The third kappa shape index (κ3) is 3.90. The highest BCUT2D eigenvalue weighted by atomic mass is 16.5. The fraction of sp³-hybridized carbons (Fsp3) is 0.259. The van der Waals surface area contributed by atoms with Gasteiger partial charge in [-0.25, -0.2) is 9.97 Å². The topological polar surface area (TPSA) is 94.8 Å². The number of unbranched alkanes of at least 4 members (excludes halogenated alkanes) is 1. The average molecular weight is 472 g/mol. The van der Waals surface area contributed by atoms with Crippen molar-refractivity contribution >= 4 is 22.8 Å². The van der Waals surface area contributed by atoms with E-state index in [9.17, 15) is 9.59 Å². The summed E-state index contributed by atoms with van der Waals surface area (Å²) in [6.07, 6.45) is 5.03. The van der Waals surface area contributed by atoms with Gasteiger partial charge in [-0.05, 0) is 49.2 Å². The van der Waals surface area contributed by atoms with Gasteiger partial charge in [0.2, 0.25) is 11.7 Å². The molecule has 0 saturated carbocycles. The van der Waals surface area contributed by atoms with Crippen molar-refractivity contribution < 1.29 is 18.7 Å². The molecule has 0 N–H and O–H groups in total. The minimum Gasteiger partial charge on any atom is -0.493 e. The highest BCUT2D eigenvalue weighted by molar-refractivity contribution is 6.09. The normalized spacial score (nSPS) is 14.9. The van der Waals surface area contributed by atoms with Crippen molar-refractivity contribution in [2.45, 2.75) is 32.7 Å². The monoisotopic (exact) mass is 471 g/mol. The number of fused-ring (bicyclic) bond motifs is 2. The van der Waals surface area contributed by atoms with E-state index in [0.717, 1.165) is 18.4 Å². The summed E-state index contributed by atoms with van der Waals surface area (Å²) in [4.78, 5) is 37.3. The molecule has 1 amide bonds. The second-order valence-electron chi connectivity index (χ2n) is 8.41. The van der Waals surface area contributed by atoms with Crippen LogP contribution >= 0.6 is 0 Å². The molecule has 1 unspecified atom stereocenters. The van der Waals surface area contributed by atoms with Crippen molar-refractivity contribution in [1.82, 2.24) is 9.97 Å². The molecule has 4 aromatic rings. The van der Waals surface area contributed by atoms with E-state index >= 15 is 0 Å². The zero-order valence-electron chi connectivity index (χ0n) is 19.8. The van der Waals surface area contributed by atoms with Crippen LogP contribution in [0.3, 0.4) is 0 Å². The first kappa shape index (κ1) is 22.6. The minimum absolute atomic E-state index is 0.00829. The fourth-order valence-corrected chi connectivity index (χ4v) is 4.32. The van der Waals surface area contributed by atoms with Crippen LogP contribution in [-0.4, -0.2) is 29.6 Å². The predicted molar refractivity (Wildman–Crippen MR) is 131 cm³/mol. The number of rotatable bonds is 7. The number of hydrogen-bond donors (Lipinski definition) is 0. The Balaban J connectivity index is 1.71. The molecule has 0 spiro atoms. The lowest BCUT2D eigenvalue weighted by molar-refractivity contribution is 0.0969. The number of benzene rings is 2. The van der Waals surface area contributed by atoms with Crippen molar-refractivity contribution in [3.8, 4) is 11.5 Å². The third-order valence-electron chi connectivity index (χ3n) is 6.05. The summed E-state index contributed by atoms with van der Waals surface area (Å²) in [5.74, 6) is 0.798. The molecule has 0 radical (unpaired) electrons. The minimum atomic E-state index is -0.792. The summed E-state index contributed by atoms with van der Waals surface area (Å²) in [7, 11) is 1.56. The van der Waals surface area contributed by atoms with Gasteiger partial charge < -0.3 is 13.9 Å². The summed E-state index contributed by atoms with van der Waals surface area (Å²) in [6.45, 7) is 4.56. The van der Waals surface area contributed by atoms with Crippen LogP contribution in [-0.2, 0) is 0 Å². The number of nitrogens with zero attached hydrogens (tertiary/aromatic N) is 3. The Morgan fingerprint density at radius 1 is 1.06 bits per heavy atom. The molecule has 2 aromatic heterocycles. The summed E-state index contributed by atoms with van der Waals surface area (Å²) >= 11 is 0. The lowest BCUT2D eigenvalue weighted by Crippen LogP contribution is -2.31. The molecule has 1 aliphatic heterocycles. The van der Waals surface area contributed by atoms with E-state index in [0.29, 0.717) is 34.6 Å². The molecule has 0 fully saturated rings. The first-order chi connectivity index (χ1) is 17.0. The van der Waals surface area contributed by atoms with E-state index in [-0.39, 0.29) is 22.7 Å². The Bertz CT molecular complexity index is 1470. The van der Waals surface area contributed by atoms with Crippen LogP contribution in [0.15, 0.2) is 64.1 Å². The number of hydrogen-bond acceptors (Lipinski definition) is 7. The lowest BCUT2D eigenvalue weighted by Gasteiger charge is -2.23. The van der Waals surface area contributed by atoms with Crippen LogP contribution in [0.5, 0.6) is 11.5 Å². The first-order valence-electron chi connectivity index (χ1n) is 11.5. The SMILES string of the molecule is CCCCOc1ccc(C2c3c(oc4ccc(C)cc4c3=O)C(=O)N2c2ncccn2)cc1OC. The number of carbonyl (C=O) groups excluding carboxylic acids is 1. The van der Waals surface area contributed by atoms with Gasteiger partial charge >= 0.3 is 0 Å². The van der Waals surface area contributed by atoms with Gasteiger partial charge in [-0.3, -0.25) is 14.5 Å². The Labute approximate surface area is 202 Å². The maximum absolute atomic E-state index is 13.7. The summed E-state index contributed by atoms with van der Waals surface area (Å²) in [5, 5.41) is 0.420. The van der Waals surface area contributed by atoms with Gasteiger partial charge in [-0.2, -0.15) is 0 Å². The number of ether oxygens (including phenoxy) is 2. The largest absolute Gasteiger partial charge is 0.493 e. The molecule has 8 heteroatoms. The molecule has 0 bridgehead atoms. The van der Waals surface area contributed by atoms with Crippen LogP contribution in [0.1, 0.15) is 53.1 Å². The maximum atomic E-state index is 13.7. The number of amides is 1. The van der Waals surface area contributed by atoms with Gasteiger partial charge in [0.05, 0.1) is 30.7 Å². The molecule has 1 aliphatic rings.